The van der Waals surface area contributed by atoms with Gasteiger partial charge < -0.3 is 23.7 Å². The second-order valence-corrected chi connectivity index (χ2v) is 9.52. The third-order valence-corrected chi connectivity index (χ3v) is 6.90. The molecular weight excluding hydrogens is 572 g/mol. The number of methoxy groups -OCH3 is 1. The smallest absolute Gasteiger partial charge is 0.339 e. The molecule has 0 aliphatic carbocycles. The zero-order valence-electron chi connectivity index (χ0n) is 20.1. The standard InChI is InChI=1S/C25H22BrF2N3O7/c1-12(32)36-22-20(31-10-16(29-30-31)14-8-9-15(26)19(28)18(14)27)21-17(37-23(22)24(33)34-2)11-35-25(38-21)13-6-4-3-5-7-13/h3-10,17,20-23,25H,11H2,1-2H3/t17-,20+,21+,22-,23-,25?/m1/s1. The fourth-order valence-corrected chi connectivity index (χ4v) is 4.89. The van der Waals surface area contributed by atoms with Crippen LogP contribution in [0.15, 0.2) is 53.1 Å². The molecule has 3 aromatic rings. The summed E-state index contributed by atoms with van der Waals surface area (Å²) in [5, 5.41) is 8.14. The van der Waals surface area contributed by atoms with Gasteiger partial charge in [0.05, 0.1) is 24.4 Å². The van der Waals surface area contributed by atoms with Crippen molar-refractivity contribution in [1.29, 1.82) is 0 Å². The summed E-state index contributed by atoms with van der Waals surface area (Å²) in [6.07, 6.45) is -3.66. The first-order valence-electron chi connectivity index (χ1n) is 11.6. The Labute approximate surface area is 223 Å². The number of carbonyl (C=O) groups is 2. The molecule has 10 nitrogen and oxygen atoms in total. The van der Waals surface area contributed by atoms with E-state index >= 15 is 0 Å². The van der Waals surface area contributed by atoms with E-state index in [2.05, 4.69) is 26.2 Å². The minimum Gasteiger partial charge on any atom is -0.467 e. The Balaban J connectivity index is 1.57. The first-order chi connectivity index (χ1) is 18.3. The Morgan fingerprint density at radius 2 is 1.87 bits per heavy atom. The first kappa shape index (κ1) is 26.4. The van der Waals surface area contributed by atoms with Crippen LogP contribution in [0, 0.1) is 11.6 Å². The van der Waals surface area contributed by atoms with E-state index in [4.69, 9.17) is 23.7 Å². The topological polar surface area (TPSA) is 111 Å². The second-order valence-electron chi connectivity index (χ2n) is 8.67. The lowest BCUT2D eigenvalue weighted by atomic mass is 9.91. The lowest BCUT2D eigenvalue weighted by molar-refractivity contribution is -0.315. The summed E-state index contributed by atoms with van der Waals surface area (Å²) in [6, 6.07) is 10.9. The molecule has 200 valence electrons. The molecule has 1 unspecified atom stereocenters. The second kappa shape index (κ2) is 10.8. The van der Waals surface area contributed by atoms with Gasteiger partial charge in [-0.1, -0.05) is 35.5 Å². The number of rotatable bonds is 5. The molecule has 0 radical (unpaired) electrons. The van der Waals surface area contributed by atoms with E-state index in [0.29, 0.717) is 0 Å². The molecule has 0 saturated carbocycles. The van der Waals surface area contributed by atoms with Gasteiger partial charge in [-0.25, -0.2) is 18.3 Å². The molecule has 0 bridgehead atoms. The maximum absolute atomic E-state index is 14.7. The lowest BCUT2D eigenvalue weighted by Crippen LogP contribution is -2.62. The molecule has 13 heteroatoms. The van der Waals surface area contributed by atoms with E-state index in [1.54, 1.807) is 0 Å². The molecular formula is C25H22BrF2N3O7. The largest absolute Gasteiger partial charge is 0.467 e. The number of hydrogen-bond donors (Lipinski definition) is 0. The summed E-state index contributed by atoms with van der Waals surface area (Å²) < 4.78 is 58.7. The summed E-state index contributed by atoms with van der Waals surface area (Å²) in [7, 11) is 1.18. The van der Waals surface area contributed by atoms with Gasteiger partial charge in [0.2, 0.25) is 0 Å². The fourth-order valence-electron chi connectivity index (χ4n) is 4.58. The van der Waals surface area contributed by atoms with Crippen LogP contribution in [0.5, 0.6) is 0 Å². The molecule has 2 saturated heterocycles. The van der Waals surface area contributed by atoms with Crippen molar-refractivity contribution in [2.24, 2.45) is 0 Å². The summed E-state index contributed by atoms with van der Waals surface area (Å²) in [5.74, 6) is -3.67. The molecule has 5 rings (SSSR count). The Kier molecular flexibility index (Phi) is 7.52. The van der Waals surface area contributed by atoms with Gasteiger partial charge in [-0.3, -0.25) is 4.79 Å². The molecule has 1 aromatic heterocycles. The average molecular weight is 594 g/mol. The van der Waals surface area contributed by atoms with E-state index in [9.17, 15) is 18.4 Å². The van der Waals surface area contributed by atoms with Gasteiger partial charge in [0.15, 0.2) is 30.1 Å². The SMILES string of the molecule is COC(=O)[C@@H]1O[C@@H]2COC(c3ccccc3)O[C@@H]2[C@H](n2cc(-c3ccc(Br)c(F)c3F)nn2)[C@H]1OC(C)=O. The number of esters is 2. The van der Waals surface area contributed by atoms with E-state index in [0.717, 1.165) is 5.56 Å². The molecule has 6 atom stereocenters. The van der Waals surface area contributed by atoms with Crippen molar-refractivity contribution >= 4 is 27.9 Å². The summed E-state index contributed by atoms with van der Waals surface area (Å²) in [4.78, 5) is 24.8. The number of hydrogen-bond acceptors (Lipinski definition) is 9. The van der Waals surface area contributed by atoms with Crippen LogP contribution in [0.1, 0.15) is 24.8 Å². The van der Waals surface area contributed by atoms with Crippen molar-refractivity contribution in [2.75, 3.05) is 13.7 Å². The van der Waals surface area contributed by atoms with Gasteiger partial charge in [-0.2, -0.15) is 0 Å². The third-order valence-electron chi connectivity index (χ3n) is 6.29. The molecule has 0 amide bonds. The van der Waals surface area contributed by atoms with Crippen LogP contribution < -0.4 is 0 Å². The molecule has 38 heavy (non-hydrogen) atoms. The summed E-state index contributed by atoms with van der Waals surface area (Å²) >= 11 is 2.95. The summed E-state index contributed by atoms with van der Waals surface area (Å²) in [6.45, 7) is 1.22. The van der Waals surface area contributed by atoms with E-state index in [1.807, 2.05) is 30.3 Å². The number of benzene rings is 2. The van der Waals surface area contributed by atoms with Gasteiger partial charge in [-0.05, 0) is 28.1 Å². The highest BCUT2D eigenvalue weighted by Crippen LogP contribution is 2.41. The highest BCUT2D eigenvalue weighted by molar-refractivity contribution is 9.10. The number of carbonyl (C=O) groups excluding carboxylic acids is 2. The van der Waals surface area contributed by atoms with Gasteiger partial charge in [0.25, 0.3) is 0 Å². The van der Waals surface area contributed by atoms with Crippen LogP contribution in [-0.2, 0) is 33.3 Å². The van der Waals surface area contributed by atoms with Crippen molar-refractivity contribution < 1.29 is 42.1 Å². The predicted molar refractivity (Wildman–Crippen MR) is 128 cm³/mol. The van der Waals surface area contributed by atoms with Crippen molar-refractivity contribution in [2.45, 2.75) is 43.7 Å². The van der Waals surface area contributed by atoms with Crippen molar-refractivity contribution in [3.63, 3.8) is 0 Å². The molecule has 2 fully saturated rings. The normalized spacial score (nSPS) is 26.9. The summed E-state index contributed by atoms with van der Waals surface area (Å²) in [5.41, 5.74) is 0.611. The van der Waals surface area contributed by atoms with Crippen LogP contribution in [0.3, 0.4) is 0 Å². The molecule has 2 aliphatic rings. The molecule has 0 spiro atoms. The average Bonchev–Trinajstić information content (AvgIpc) is 3.40. The van der Waals surface area contributed by atoms with Crippen LogP contribution in [0.25, 0.3) is 11.3 Å². The van der Waals surface area contributed by atoms with Crippen LogP contribution in [0.2, 0.25) is 0 Å². The van der Waals surface area contributed by atoms with Crippen molar-refractivity contribution in [3.05, 3.63) is 70.3 Å². The Morgan fingerprint density at radius 1 is 1.11 bits per heavy atom. The zero-order chi connectivity index (χ0) is 27.0. The van der Waals surface area contributed by atoms with E-state index in [-0.39, 0.29) is 22.3 Å². The van der Waals surface area contributed by atoms with Crippen molar-refractivity contribution in [3.8, 4) is 11.3 Å². The zero-order valence-corrected chi connectivity index (χ0v) is 21.7. The molecule has 3 heterocycles. The van der Waals surface area contributed by atoms with Gasteiger partial charge in [-0.15, -0.1) is 5.10 Å². The molecule has 2 aromatic carbocycles. The number of nitrogens with zero attached hydrogens (tertiary/aromatic N) is 3. The first-order valence-corrected chi connectivity index (χ1v) is 12.4. The third kappa shape index (κ3) is 4.94. The van der Waals surface area contributed by atoms with Crippen LogP contribution >= 0.6 is 15.9 Å². The van der Waals surface area contributed by atoms with Gasteiger partial charge >= 0.3 is 11.9 Å². The number of fused-ring (bicyclic) bond motifs is 1. The molecule has 0 N–H and O–H groups in total. The maximum atomic E-state index is 14.7. The maximum Gasteiger partial charge on any atom is 0.339 e. The molecule has 2 aliphatic heterocycles. The minimum absolute atomic E-state index is 0.0137. The van der Waals surface area contributed by atoms with E-state index < -0.39 is 60.3 Å². The van der Waals surface area contributed by atoms with Crippen LogP contribution in [-0.4, -0.2) is 65.1 Å². The number of aromatic nitrogens is 3. The highest BCUT2D eigenvalue weighted by atomic mass is 79.9. The van der Waals surface area contributed by atoms with Gasteiger partial charge in [0.1, 0.15) is 23.9 Å². The highest BCUT2D eigenvalue weighted by Gasteiger charge is 2.55. The van der Waals surface area contributed by atoms with Gasteiger partial charge in [0, 0.05) is 18.1 Å². The number of ether oxygens (including phenoxy) is 5. The number of halogens is 3. The van der Waals surface area contributed by atoms with E-state index in [1.165, 1.54) is 37.0 Å². The minimum atomic E-state index is -1.34. The monoisotopic (exact) mass is 593 g/mol. The Morgan fingerprint density at radius 3 is 2.58 bits per heavy atom. The quantitative estimate of drug-likeness (QED) is 0.324. The van der Waals surface area contributed by atoms with Crippen molar-refractivity contribution in [1.82, 2.24) is 15.0 Å². The predicted octanol–water partition coefficient (Wildman–Crippen LogP) is 3.51. The van der Waals surface area contributed by atoms with Crippen LogP contribution in [0.4, 0.5) is 8.78 Å². The lowest BCUT2D eigenvalue weighted by Gasteiger charge is -2.48. The Bertz CT molecular complexity index is 1340. The Hall–Kier alpha value is -3.26. The fraction of sp³-hybridized carbons (Fsp3) is 0.360.